The second-order valence-corrected chi connectivity index (χ2v) is 12.5. The van der Waals surface area contributed by atoms with Crippen molar-refractivity contribution in [1.82, 2.24) is 4.98 Å². The molecule has 2 aromatic rings. The van der Waals surface area contributed by atoms with Crippen LogP contribution in [-0.2, 0) is 20.7 Å². The Morgan fingerprint density at radius 1 is 1.16 bits per heavy atom. The number of benzene rings is 1. The number of aromatic nitrogens is 1. The average Bonchev–Trinajstić information content (AvgIpc) is 3.22. The Bertz CT molecular complexity index is 1280. The normalized spacial score (nSPS) is 26.1. The Labute approximate surface area is 225 Å². The van der Waals surface area contributed by atoms with E-state index in [4.69, 9.17) is 4.74 Å². The Kier molecular flexibility index (Phi) is 6.95. The molecule has 1 amide bonds. The van der Waals surface area contributed by atoms with E-state index in [0.29, 0.717) is 17.8 Å². The molecular formula is C32H39FN2O3. The van der Waals surface area contributed by atoms with Gasteiger partial charge in [-0.1, -0.05) is 19.1 Å². The smallest absolute Gasteiger partial charge is 0.306 e. The molecule has 38 heavy (non-hydrogen) atoms. The van der Waals surface area contributed by atoms with E-state index in [2.05, 4.69) is 36.2 Å². The third kappa shape index (κ3) is 5.02. The van der Waals surface area contributed by atoms with E-state index < -0.39 is 5.60 Å². The van der Waals surface area contributed by atoms with Crippen molar-refractivity contribution in [2.24, 2.45) is 17.3 Å². The van der Waals surface area contributed by atoms with Gasteiger partial charge < -0.3 is 9.64 Å². The molecule has 3 aliphatic rings. The summed E-state index contributed by atoms with van der Waals surface area (Å²) in [6.45, 7) is 7.85. The molecule has 202 valence electrons. The van der Waals surface area contributed by atoms with Gasteiger partial charge >= 0.3 is 5.97 Å². The zero-order valence-electron chi connectivity index (χ0n) is 23.2. The quantitative estimate of drug-likeness (QED) is 0.406. The van der Waals surface area contributed by atoms with Gasteiger partial charge in [0.25, 0.3) is 0 Å². The Morgan fingerprint density at radius 3 is 2.68 bits per heavy atom. The van der Waals surface area contributed by atoms with Gasteiger partial charge in [0.15, 0.2) is 0 Å². The van der Waals surface area contributed by atoms with E-state index in [1.165, 1.54) is 22.9 Å². The number of hydrogen-bond acceptors (Lipinski definition) is 4. The lowest BCUT2D eigenvalue weighted by molar-refractivity contribution is -0.155. The highest BCUT2D eigenvalue weighted by molar-refractivity contribution is 5.94. The highest BCUT2D eigenvalue weighted by Crippen LogP contribution is 2.63. The predicted octanol–water partition coefficient (Wildman–Crippen LogP) is 6.86. The maximum absolute atomic E-state index is 13.9. The highest BCUT2D eigenvalue weighted by atomic mass is 19.1. The number of rotatable bonds is 5. The summed E-state index contributed by atoms with van der Waals surface area (Å²) in [5.74, 6) is 0.935. The van der Waals surface area contributed by atoms with E-state index in [-0.39, 0.29) is 36.0 Å². The third-order valence-corrected chi connectivity index (χ3v) is 9.03. The summed E-state index contributed by atoms with van der Waals surface area (Å²) in [7, 11) is 1.78. The first kappa shape index (κ1) is 26.6. The van der Waals surface area contributed by atoms with Gasteiger partial charge in [-0.3, -0.25) is 14.6 Å². The standard InChI is InChI=1S/C32H39FN2O3/c1-31(2,3)38-30(37)13-12-29(36)35(5)23-7-9-24-20(17-23)6-8-26-25(24)14-15-32(4)27(10-11-28(26)32)21-16-22(33)19-34-18-21/h7,9-10,16-19,25-26,28H,6,8,11-15H2,1-5H3/t25?,26-,28+,32-/m1/s1. The van der Waals surface area contributed by atoms with Gasteiger partial charge in [0, 0.05) is 25.4 Å². The number of fused-ring (bicyclic) bond motifs is 5. The van der Waals surface area contributed by atoms with E-state index in [0.717, 1.165) is 43.4 Å². The van der Waals surface area contributed by atoms with Crippen LogP contribution in [0.2, 0.25) is 0 Å². The molecule has 1 saturated carbocycles. The molecule has 4 atom stereocenters. The predicted molar refractivity (Wildman–Crippen MR) is 147 cm³/mol. The lowest BCUT2D eigenvalue weighted by Gasteiger charge is -2.50. The summed E-state index contributed by atoms with van der Waals surface area (Å²) >= 11 is 0. The Morgan fingerprint density at radius 2 is 1.95 bits per heavy atom. The van der Waals surface area contributed by atoms with Gasteiger partial charge in [0.2, 0.25) is 5.91 Å². The Hall–Kier alpha value is -3.02. The van der Waals surface area contributed by atoms with Crippen LogP contribution >= 0.6 is 0 Å². The fourth-order valence-corrected chi connectivity index (χ4v) is 7.26. The topological polar surface area (TPSA) is 59.5 Å². The van der Waals surface area contributed by atoms with E-state index in [9.17, 15) is 14.0 Å². The number of esters is 1. The fraction of sp³-hybridized carbons (Fsp3) is 0.531. The van der Waals surface area contributed by atoms with Gasteiger partial charge in [0.1, 0.15) is 11.4 Å². The van der Waals surface area contributed by atoms with Crippen LogP contribution in [-0.4, -0.2) is 29.5 Å². The molecule has 5 nitrogen and oxygen atoms in total. The van der Waals surface area contributed by atoms with E-state index >= 15 is 0 Å². The first-order valence-electron chi connectivity index (χ1n) is 13.9. The van der Waals surface area contributed by atoms with Crippen molar-refractivity contribution in [2.45, 2.75) is 84.2 Å². The fourth-order valence-electron chi connectivity index (χ4n) is 7.26. The SMILES string of the molecule is CN(C(=O)CCC(=O)OC(C)(C)C)c1ccc2c(c1)CC[C@@H]1C2CC[C@]2(C)C(c3cncc(F)c3)=CC[C@@H]12. The van der Waals surface area contributed by atoms with Crippen LogP contribution in [0.4, 0.5) is 10.1 Å². The summed E-state index contributed by atoms with van der Waals surface area (Å²) in [6.07, 6.45) is 11.0. The van der Waals surface area contributed by atoms with Crippen molar-refractivity contribution < 1.29 is 18.7 Å². The van der Waals surface area contributed by atoms with Crippen LogP contribution in [0.3, 0.4) is 0 Å². The number of carbonyl (C=O) groups is 2. The maximum Gasteiger partial charge on any atom is 0.306 e. The van der Waals surface area contributed by atoms with Gasteiger partial charge in [0.05, 0.1) is 12.6 Å². The molecule has 1 aromatic carbocycles. The van der Waals surface area contributed by atoms with Crippen LogP contribution in [0.15, 0.2) is 42.7 Å². The van der Waals surface area contributed by atoms with Crippen molar-refractivity contribution in [1.29, 1.82) is 0 Å². The Balaban J connectivity index is 1.28. The molecule has 1 fully saturated rings. The molecule has 6 heteroatoms. The monoisotopic (exact) mass is 518 g/mol. The van der Waals surface area contributed by atoms with Crippen molar-refractivity contribution in [3.05, 3.63) is 65.2 Å². The van der Waals surface area contributed by atoms with Gasteiger partial charge in [-0.25, -0.2) is 4.39 Å². The molecule has 3 aliphatic carbocycles. The minimum atomic E-state index is -0.550. The number of amides is 1. The zero-order chi connectivity index (χ0) is 27.2. The first-order chi connectivity index (χ1) is 18.0. The molecule has 0 radical (unpaired) electrons. The van der Waals surface area contributed by atoms with Crippen LogP contribution in [0.25, 0.3) is 5.57 Å². The van der Waals surface area contributed by atoms with Crippen LogP contribution in [0.5, 0.6) is 0 Å². The minimum Gasteiger partial charge on any atom is -0.460 e. The highest BCUT2D eigenvalue weighted by Gasteiger charge is 2.52. The molecule has 1 unspecified atom stereocenters. The molecule has 1 heterocycles. The number of nitrogens with zero attached hydrogens (tertiary/aromatic N) is 2. The summed E-state index contributed by atoms with van der Waals surface area (Å²) in [5, 5.41) is 0. The molecule has 1 aromatic heterocycles. The number of pyridine rings is 1. The summed E-state index contributed by atoms with van der Waals surface area (Å²) < 4.78 is 19.3. The molecule has 0 saturated heterocycles. The van der Waals surface area contributed by atoms with Crippen LogP contribution in [0, 0.1) is 23.1 Å². The molecule has 5 rings (SSSR count). The minimum absolute atomic E-state index is 0.0505. The van der Waals surface area contributed by atoms with Crippen LogP contribution in [0.1, 0.15) is 88.8 Å². The second kappa shape index (κ2) is 9.94. The largest absolute Gasteiger partial charge is 0.460 e. The number of anilines is 1. The number of carbonyl (C=O) groups excluding carboxylic acids is 2. The summed E-state index contributed by atoms with van der Waals surface area (Å²) in [6, 6.07) is 8.07. The van der Waals surface area contributed by atoms with Crippen molar-refractivity contribution >= 4 is 23.1 Å². The molecule has 0 bridgehead atoms. The number of allylic oxidation sites excluding steroid dienone is 2. The third-order valence-electron chi connectivity index (χ3n) is 9.03. The zero-order valence-corrected chi connectivity index (χ0v) is 23.2. The van der Waals surface area contributed by atoms with Crippen LogP contribution < -0.4 is 4.90 Å². The second-order valence-electron chi connectivity index (χ2n) is 12.5. The molecule has 0 aliphatic heterocycles. The lowest BCUT2D eigenvalue weighted by atomic mass is 9.54. The van der Waals surface area contributed by atoms with Gasteiger partial charge in [-0.2, -0.15) is 0 Å². The van der Waals surface area contributed by atoms with E-state index in [1.807, 2.05) is 20.8 Å². The average molecular weight is 519 g/mol. The molecule has 0 N–H and O–H groups in total. The number of aryl methyl sites for hydroxylation is 1. The summed E-state index contributed by atoms with van der Waals surface area (Å²) in [5.41, 5.74) is 5.32. The van der Waals surface area contributed by atoms with Gasteiger partial charge in [-0.15, -0.1) is 0 Å². The maximum atomic E-state index is 13.9. The van der Waals surface area contributed by atoms with Crippen molar-refractivity contribution in [2.75, 3.05) is 11.9 Å². The van der Waals surface area contributed by atoms with Crippen molar-refractivity contribution in [3.8, 4) is 0 Å². The number of hydrogen-bond donors (Lipinski definition) is 0. The lowest BCUT2D eigenvalue weighted by Crippen LogP contribution is -2.41. The number of ether oxygens (including phenoxy) is 1. The molecular weight excluding hydrogens is 479 g/mol. The van der Waals surface area contributed by atoms with E-state index in [1.54, 1.807) is 24.2 Å². The summed E-state index contributed by atoms with van der Waals surface area (Å²) in [4.78, 5) is 30.6. The molecule has 0 spiro atoms. The van der Waals surface area contributed by atoms with Gasteiger partial charge in [-0.05, 0) is 117 Å². The first-order valence-corrected chi connectivity index (χ1v) is 13.9. The van der Waals surface area contributed by atoms with Crippen molar-refractivity contribution in [3.63, 3.8) is 0 Å². The number of halogens is 1.